The van der Waals surface area contributed by atoms with Crippen molar-refractivity contribution in [3.63, 3.8) is 0 Å². The van der Waals surface area contributed by atoms with Crippen LogP contribution in [0.5, 0.6) is 0 Å². The number of esters is 3. The van der Waals surface area contributed by atoms with Crippen molar-refractivity contribution in [3.8, 4) is 0 Å². The Morgan fingerprint density at radius 3 is 2.36 bits per heavy atom. The number of carbonyl (C=O) groups excluding carboxylic acids is 4. The molecule has 0 aromatic carbocycles. The molecular formula is C15H22O7. The second-order valence-corrected chi connectivity index (χ2v) is 5.03. The van der Waals surface area contributed by atoms with Gasteiger partial charge in [0.05, 0.1) is 26.2 Å². The maximum absolute atomic E-state index is 12.4. The molecule has 124 valence electrons. The maximum atomic E-state index is 12.4. The molecule has 0 bridgehead atoms. The molecule has 0 N–H and O–H groups in total. The number of ether oxygens (including phenoxy) is 3. The van der Waals surface area contributed by atoms with E-state index in [0.29, 0.717) is 0 Å². The van der Waals surface area contributed by atoms with E-state index in [1.54, 1.807) is 13.8 Å². The summed E-state index contributed by atoms with van der Waals surface area (Å²) >= 11 is 0. The Morgan fingerprint density at radius 2 is 1.82 bits per heavy atom. The van der Waals surface area contributed by atoms with E-state index in [4.69, 9.17) is 9.47 Å². The van der Waals surface area contributed by atoms with E-state index < -0.39 is 29.2 Å². The molecule has 0 radical (unpaired) electrons. The third-order valence-electron chi connectivity index (χ3n) is 3.91. The molecule has 0 saturated heterocycles. The highest BCUT2D eigenvalue weighted by molar-refractivity contribution is 6.09. The molecule has 2 atom stereocenters. The SMILES string of the molecule is CCOC(=O)C1CCC(=O)C1(CCC(=O)OC)C(=O)OCC. The molecule has 1 saturated carbocycles. The Morgan fingerprint density at radius 1 is 1.18 bits per heavy atom. The largest absolute Gasteiger partial charge is 0.469 e. The van der Waals surface area contributed by atoms with Gasteiger partial charge < -0.3 is 14.2 Å². The zero-order valence-electron chi connectivity index (χ0n) is 13.2. The maximum Gasteiger partial charge on any atom is 0.320 e. The molecular weight excluding hydrogens is 292 g/mol. The van der Waals surface area contributed by atoms with Crippen LogP contribution in [-0.2, 0) is 33.4 Å². The number of Topliss-reactive ketones (excluding diaryl/α,β-unsaturated/α-hetero) is 1. The molecule has 0 spiro atoms. The van der Waals surface area contributed by atoms with E-state index in [9.17, 15) is 19.2 Å². The Labute approximate surface area is 129 Å². The van der Waals surface area contributed by atoms with E-state index in [-0.39, 0.29) is 44.7 Å². The molecule has 7 nitrogen and oxygen atoms in total. The molecule has 0 amide bonds. The third-order valence-corrected chi connectivity index (χ3v) is 3.91. The molecule has 1 fully saturated rings. The van der Waals surface area contributed by atoms with Crippen molar-refractivity contribution in [1.29, 1.82) is 0 Å². The minimum Gasteiger partial charge on any atom is -0.469 e. The summed E-state index contributed by atoms with van der Waals surface area (Å²) in [6.45, 7) is 3.50. The van der Waals surface area contributed by atoms with Crippen LogP contribution in [0.1, 0.15) is 39.5 Å². The van der Waals surface area contributed by atoms with Gasteiger partial charge in [0, 0.05) is 12.8 Å². The number of ketones is 1. The molecule has 0 aromatic heterocycles. The van der Waals surface area contributed by atoms with Crippen LogP contribution in [0.15, 0.2) is 0 Å². The molecule has 0 aromatic rings. The summed E-state index contributed by atoms with van der Waals surface area (Å²) in [5, 5.41) is 0. The summed E-state index contributed by atoms with van der Waals surface area (Å²) in [5.41, 5.74) is -1.64. The van der Waals surface area contributed by atoms with Crippen molar-refractivity contribution in [3.05, 3.63) is 0 Å². The zero-order valence-corrected chi connectivity index (χ0v) is 13.2. The lowest BCUT2D eigenvalue weighted by atomic mass is 9.73. The monoisotopic (exact) mass is 314 g/mol. The van der Waals surface area contributed by atoms with Crippen molar-refractivity contribution in [2.45, 2.75) is 39.5 Å². The average Bonchev–Trinajstić information content (AvgIpc) is 2.83. The third kappa shape index (κ3) is 3.45. The Hall–Kier alpha value is -1.92. The summed E-state index contributed by atoms with van der Waals surface area (Å²) in [7, 11) is 1.22. The van der Waals surface area contributed by atoms with Gasteiger partial charge in [-0.3, -0.25) is 19.2 Å². The van der Waals surface area contributed by atoms with Crippen LogP contribution in [0.2, 0.25) is 0 Å². The lowest BCUT2D eigenvalue weighted by molar-refractivity contribution is -0.171. The van der Waals surface area contributed by atoms with Gasteiger partial charge in [0.15, 0.2) is 5.78 Å². The molecule has 2 unspecified atom stereocenters. The Bertz CT molecular complexity index is 457. The molecule has 0 aliphatic heterocycles. The number of rotatable bonds is 7. The number of carbonyl (C=O) groups is 4. The normalized spacial score (nSPS) is 24.0. The second-order valence-electron chi connectivity index (χ2n) is 5.03. The highest BCUT2D eigenvalue weighted by atomic mass is 16.5. The predicted molar refractivity (Wildman–Crippen MR) is 74.7 cm³/mol. The fraction of sp³-hybridized carbons (Fsp3) is 0.733. The summed E-state index contributed by atoms with van der Waals surface area (Å²) in [5.74, 6) is -3.21. The second kappa shape index (κ2) is 7.91. The van der Waals surface area contributed by atoms with Crippen molar-refractivity contribution in [1.82, 2.24) is 0 Å². The van der Waals surface area contributed by atoms with Gasteiger partial charge in [-0.05, 0) is 26.7 Å². The summed E-state index contributed by atoms with van der Waals surface area (Å²) < 4.78 is 14.5. The van der Waals surface area contributed by atoms with Gasteiger partial charge in [0.1, 0.15) is 5.41 Å². The van der Waals surface area contributed by atoms with Gasteiger partial charge in [-0.1, -0.05) is 0 Å². The standard InChI is InChI=1S/C15H22O7/c1-4-21-13(18)10-6-7-11(16)15(10,14(19)22-5-2)9-8-12(17)20-3/h10H,4-9H2,1-3H3. The summed E-state index contributed by atoms with van der Waals surface area (Å²) in [6.07, 6.45) is 0.0545. The van der Waals surface area contributed by atoms with Crippen LogP contribution >= 0.6 is 0 Å². The average molecular weight is 314 g/mol. The van der Waals surface area contributed by atoms with Gasteiger partial charge in [-0.15, -0.1) is 0 Å². The smallest absolute Gasteiger partial charge is 0.320 e. The number of methoxy groups -OCH3 is 1. The van der Waals surface area contributed by atoms with Gasteiger partial charge >= 0.3 is 17.9 Å². The van der Waals surface area contributed by atoms with Crippen LogP contribution in [-0.4, -0.2) is 44.0 Å². The Balaban J connectivity index is 3.13. The van der Waals surface area contributed by atoms with E-state index in [1.807, 2.05) is 0 Å². The highest BCUT2D eigenvalue weighted by Gasteiger charge is 2.59. The van der Waals surface area contributed by atoms with Crippen LogP contribution in [0.4, 0.5) is 0 Å². The lowest BCUT2D eigenvalue weighted by Gasteiger charge is -2.30. The molecule has 0 heterocycles. The molecule has 1 aliphatic rings. The Kier molecular flexibility index (Phi) is 6.52. The number of hydrogen-bond donors (Lipinski definition) is 0. The van der Waals surface area contributed by atoms with Gasteiger partial charge in [-0.25, -0.2) is 0 Å². The van der Waals surface area contributed by atoms with Crippen molar-refractivity contribution < 1.29 is 33.4 Å². The first kappa shape index (κ1) is 18.1. The highest BCUT2D eigenvalue weighted by Crippen LogP contribution is 2.46. The lowest BCUT2D eigenvalue weighted by Crippen LogP contribution is -2.46. The van der Waals surface area contributed by atoms with Crippen LogP contribution < -0.4 is 0 Å². The molecule has 7 heteroatoms. The van der Waals surface area contributed by atoms with Crippen LogP contribution in [0, 0.1) is 11.3 Å². The zero-order chi connectivity index (χ0) is 16.8. The van der Waals surface area contributed by atoms with E-state index in [1.165, 1.54) is 7.11 Å². The summed E-state index contributed by atoms with van der Waals surface area (Å²) in [4.78, 5) is 48.3. The van der Waals surface area contributed by atoms with E-state index in [0.717, 1.165) is 0 Å². The van der Waals surface area contributed by atoms with Gasteiger partial charge in [0.2, 0.25) is 0 Å². The molecule has 1 aliphatic carbocycles. The first-order chi connectivity index (χ1) is 10.4. The molecule has 1 rings (SSSR count). The van der Waals surface area contributed by atoms with E-state index >= 15 is 0 Å². The van der Waals surface area contributed by atoms with Crippen molar-refractivity contribution in [2.75, 3.05) is 20.3 Å². The fourth-order valence-corrected chi connectivity index (χ4v) is 2.83. The minimum absolute atomic E-state index is 0.0850. The fourth-order valence-electron chi connectivity index (χ4n) is 2.83. The van der Waals surface area contributed by atoms with Crippen molar-refractivity contribution in [2.24, 2.45) is 11.3 Å². The first-order valence-electron chi connectivity index (χ1n) is 7.37. The van der Waals surface area contributed by atoms with Gasteiger partial charge in [0.25, 0.3) is 0 Å². The van der Waals surface area contributed by atoms with Crippen LogP contribution in [0.3, 0.4) is 0 Å². The van der Waals surface area contributed by atoms with E-state index in [2.05, 4.69) is 4.74 Å². The van der Waals surface area contributed by atoms with Gasteiger partial charge in [-0.2, -0.15) is 0 Å². The van der Waals surface area contributed by atoms with Crippen molar-refractivity contribution >= 4 is 23.7 Å². The minimum atomic E-state index is -1.64. The topological polar surface area (TPSA) is 96.0 Å². The molecule has 22 heavy (non-hydrogen) atoms. The van der Waals surface area contributed by atoms with Crippen LogP contribution in [0.25, 0.3) is 0 Å². The first-order valence-corrected chi connectivity index (χ1v) is 7.37. The quantitative estimate of drug-likeness (QED) is 0.393. The number of hydrogen-bond acceptors (Lipinski definition) is 7. The summed E-state index contributed by atoms with van der Waals surface area (Å²) in [6, 6.07) is 0. The predicted octanol–water partition coefficient (Wildman–Crippen LogP) is 1.03.